The minimum atomic E-state index is -0.299. The van der Waals surface area contributed by atoms with E-state index >= 15 is 0 Å². The van der Waals surface area contributed by atoms with Crippen LogP contribution in [0.25, 0.3) is 0 Å². The van der Waals surface area contributed by atoms with Crippen LogP contribution in [0, 0.1) is 6.92 Å². The zero-order chi connectivity index (χ0) is 24.8. The van der Waals surface area contributed by atoms with Crippen molar-refractivity contribution in [3.63, 3.8) is 0 Å². The van der Waals surface area contributed by atoms with Gasteiger partial charge < -0.3 is 15.5 Å². The van der Waals surface area contributed by atoms with Gasteiger partial charge in [-0.05, 0) is 78.5 Å². The molecule has 0 radical (unpaired) electrons. The molecule has 0 amide bonds. The van der Waals surface area contributed by atoms with Gasteiger partial charge >= 0.3 is 5.97 Å². The minimum Gasteiger partial charge on any atom is -0.469 e. The van der Waals surface area contributed by atoms with Crippen molar-refractivity contribution < 1.29 is 9.53 Å². The number of hydrogen-bond acceptors (Lipinski definition) is 7. The third-order valence-electron chi connectivity index (χ3n) is 5.55. The number of nitrogen functional groups attached to an aromatic ring is 1. The zero-order valence-electron chi connectivity index (χ0n) is 19.9. The summed E-state index contributed by atoms with van der Waals surface area (Å²) in [5.74, 6) is 5.32. The lowest BCUT2D eigenvalue weighted by Gasteiger charge is -2.22. The maximum absolute atomic E-state index is 12.3. The highest BCUT2D eigenvalue weighted by atomic mass is 35.5. The van der Waals surface area contributed by atoms with Gasteiger partial charge in [0.2, 0.25) is 0 Å². The molecule has 8 heteroatoms. The van der Waals surface area contributed by atoms with Gasteiger partial charge in [-0.1, -0.05) is 41.9 Å². The molecule has 1 atom stereocenters. The number of benzene rings is 3. The molecule has 0 aromatic heterocycles. The Morgan fingerprint density at radius 1 is 1.09 bits per heavy atom. The largest absolute Gasteiger partial charge is 0.469 e. The third-order valence-corrected chi connectivity index (χ3v) is 6.82. The van der Waals surface area contributed by atoms with E-state index in [9.17, 15) is 4.79 Å². The van der Waals surface area contributed by atoms with Crippen molar-refractivity contribution in [1.82, 2.24) is 4.31 Å². The van der Waals surface area contributed by atoms with Gasteiger partial charge in [0.05, 0.1) is 24.9 Å². The summed E-state index contributed by atoms with van der Waals surface area (Å²) in [6.07, 6.45) is 0.183. The second-order valence-corrected chi connectivity index (χ2v) is 9.99. The Hall–Kier alpha value is -2.71. The smallest absolute Gasteiger partial charge is 0.306 e. The second kappa shape index (κ2) is 11.6. The van der Waals surface area contributed by atoms with Crippen molar-refractivity contribution in [2.75, 3.05) is 31.9 Å². The van der Waals surface area contributed by atoms with E-state index in [1.807, 2.05) is 37.4 Å². The van der Waals surface area contributed by atoms with Crippen LogP contribution < -0.4 is 16.6 Å². The van der Waals surface area contributed by atoms with E-state index in [1.165, 1.54) is 22.6 Å². The SMILES string of the molecule is COC(=O)CC(c1ccc(N(C)N)c(N)c1)c1ccc(Cl)c(CN(C)Sc2cccc(C)c2)c1. The molecular weight excluding hydrogens is 468 g/mol. The molecule has 0 saturated heterocycles. The van der Waals surface area contributed by atoms with Crippen LogP contribution in [0.15, 0.2) is 65.6 Å². The summed E-state index contributed by atoms with van der Waals surface area (Å²) >= 11 is 8.23. The standard InChI is InChI=1S/C26H31ClN4O2S/c1-17-6-5-7-21(12-17)34-30(2)16-20-13-18(8-10-23(20)27)22(15-26(32)33-4)19-9-11-25(31(3)29)24(28)14-19/h5-14,22H,15-16,28-29H2,1-4H3. The van der Waals surface area contributed by atoms with Crippen LogP contribution in [-0.4, -0.2) is 31.5 Å². The number of carbonyl (C=O) groups excluding carboxylic acids is 1. The Labute approximate surface area is 210 Å². The van der Waals surface area contributed by atoms with Crippen molar-refractivity contribution in [2.24, 2.45) is 5.84 Å². The van der Waals surface area contributed by atoms with Crippen molar-refractivity contribution in [3.8, 4) is 0 Å². The van der Waals surface area contributed by atoms with E-state index in [2.05, 4.69) is 41.6 Å². The van der Waals surface area contributed by atoms with E-state index in [0.29, 0.717) is 22.9 Å². The Balaban J connectivity index is 1.90. The van der Waals surface area contributed by atoms with Crippen LogP contribution in [0.4, 0.5) is 11.4 Å². The molecule has 3 aromatic carbocycles. The van der Waals surface area contributed by atoms with Gasteiger partial charge in [-0.15, -0.1) is 0 Å². The van der Waals surface area contributed by atoms with E-state index in [4.69, 9.17) is 27.9 Å². The summed E-state index contributed by atoms with van der Waals surface area (Å²) in [5, 5.41) is 2.15. The number of esters is 1. The Morgan fingerprint density at radius 3 is 2.44 bits per heavy atom. The van der Waals surface area contributed by atoms with Crippen LogP contribution in [0.5, 0.6) is 0 Å². The molecule has 3 rings (SSSR count). The van der Waals surface area contributed by atoms with Gasteiger partial charge in [0.15, 0.2) is 0 Å². The molecule has 180 valence electrons. The van der Waals surface area contributed by atoms with Gasteiger partial charge in [0.25, 0.3) is 0 Å². The maximum Gasteiger partial charge on any atom is 0.306 e. The van der Waals surface area contributed by atoms with Crippen molar-refractivity contribution >= 4 is 40.9 Å². The van der Waals surface area contributed by atoms with Gasteiger partial charge in [0, 0.05) is 29.4 Å². The van der Waals surface area contributed by atoms with Crippen LogP contribution in [0.1, 0.15) is 34.6 Å². The van der Waals surface area contributed by atoms with Crippen molar-refractivity contribution in [1.29, 1.82) is 0 Å². The molecule has 1 unspecified atom stereocenters. The molecule has 0 spiro atoms. The molecule has 0 fully saturated rings. The average molecular weight is 499 g/mol. The lowest BCUT2D eigenvalue weighted by Crippen LogP contribution is -2.26. The number of nitrogens with two attached hydrogens (primary N) is 2. The number of ether oxygens (including phenoxy) is 1. The predicted molar refractivity (Wildman–Crippen MR) is 142 cm³/mol. The fraction of sp³-hybridized carbons (Fsp3) is 0.269. The highest BCUT2D eigenvalue weighted by molar-refractivity contribution is 7.97. The Kier molecular flexibility index (Phi) is 8.85. The molecule has 3 aromatic rings. The lowest BCUT2D eigenvalue weighted by molar-refractivity contribution is -0.140. The van der Waals surface area contributed by atoms with Gasteiger partial charge in [-0.3, -0.25) is 4.79 Å². The number of methoxy groups -OCH3 is 1. The van der Waals surface area contributed by atoms with Crippen molar-refractivity contribution in [2.45, 2.75) is 30.7 Å². The highest BCUT2D eigenvalue weighted by Crippen LogP contribution is 2.35. The summed E-state index contributed by atoms with van der Waals surface area (Å²) in [6, 6.07) is 19.9. The summed E-state index contributed by atoms with van der Waals surface area (Å²) in [4.78, 5) is 13.4. The fourth-order valence-corrected chi connectivity index (χ4v) is 4.96. The molecule has 4 N–H and O–H groups in total. The van der Waals surface area contributed by atoms with E-state index in [-0.39, 0.29) is 18.3 Å². The first-order valence-corrected chi connectivity index (χ1v) is 12.0. The monoisotopic (exact) mass is 498 g/mol. The number of aryl methyl sites for hydroxylation is 1. The third kappa shape index (κ3) is 6.67. The number of hydrogen-bond donors (Lipinski definition) is 2. The topological polar surface area (TPSA) is 84.8 Å². The van der Waals surface area contributed by atoms with Crippen LogP contribution >= 0.6 is 23.5 Å². The first-order valence-electron chi connectivity index (χ1n) is 10.9. The predicted octanol–water partition coefficient (Wildman–Crippen LogP) is 5.37. The minimum absolute atomic E-state index is 0.183. The normalized spacial score (nSPS) is 12.0. The highest BCUT2D eigenvalue weighted by Gasteiger charge is 2.21. The molecule has 0 heterocycles. The fourth-order valence-electron chi connectivity index (χ4n) is 3.85. The molecule has 0 saturated carbocycles. The maximum atomic E-state index is 12.3. The van der Waals surface area contributed by atoms with Crippen LogP contribution in [0.3, 0.4) is 0 Å². The number of halogens is 1. The van der Waals surface area contributed by atoms with Gasteiger partial charge in [-0.25, -0.2) is 10.1 Å². The average Bonchev–Trinajstić information content (AvgIpc) is 2.78. The lowest BCUT2D eigenvalue weighted by atomic mass is 9.87. The summed E-state index contributed by atoms with van der Waals surface area (Å²) in [7, 11) is 5.16. The molecular formula is C26H31ClN4O2S. The number of nitrogens with zero attached hydrogens (tertiary/aromatic N) is 2. The molecule has 0 aliphatic rings. The summed E-state index contributed by atoms with van der Waals surface area (Å²) < 4.78 is 7.11. The van der Waals surface area contributed by atoms with Gasteiger partial charge in [0.1, 0.15) is 0 Å². The number of hydrazine groups is 1. The second-order valence-electron chi connectivity index (χ2n) is 8.31. The van der Waals surface area contributed by atoms with E-state index in [0.717, 1.165) is 16.7 Å². The summed E-state index contributed by atoms with van der Waals surface area (Å²) in [6.45, 7) is 2.71. The molecule has 0 bridgehead atoms. The first-order chi connectivity index (χ1) is 16.2. The Morgan fingerprint density at radius 2 is 1.79 bits per heavy atom. The van der Waals surface area contributed by atoms with E-state index < -0.39 is 0 Å². The zero-order valence-corrected chi connectivity index (χ0v) is 21.5. The molecule has 34 heavy (non-hydrogen) atoms. The van der Waals surface area contributed by atoms with Gasteiger partial charge in [-0.2, -0.15) is 0 Å². The summed E-state index contributed by atoms with van der Waals surface area (Å²) in [5.41, 5.74) is 11.6. The van der Waals surface area contributed by atoms with Crippen molar-refractivity contribution in [3.05, 3.63) is 87.9 Å². The molecule has 6 nitrogen and oxygen atoms in total. The molecule has 0 aliphatic carbocycles. The quantitative estimate of drug-likeness (QED) is 0.135. The number of anilines is 2. The number of carbonyl (C=O) groups is 1. The van der Waals surface area contributed by atoms with Crippen LogP contribution in [0.2, 0.25) is 5.02 Å². The van der Waals surface area contributed by atoms with Crippen LogP contribution in [-0.2, 0) is 16.1 Å². The Bertz CT molecular complexity index is 1160. The number of rotatable bonds is 9. The van der Waals surface area contributed by atoms with E-state index in [1.54, 1.807) is 19.0 Å². The molecule has 0 aliphatic heterocycles. The first kappa shape index (κ1) is 25.9.